The van der Waals surface area contributed by atoms with Gasteiger partial charge in [0, 0.05) is 29.2 Å². The number of aromatic amines is 1. The highest BCUT2D eigenvalue weighted by atomic mass is 15.2. The molecule has 0 saturated carbocycles. The van der Waals surface area contributed by atoms with Crippen molar-refractivity contribution in [3.05, 3.63) is 36.0 Å². The largest absolute Gasteiger partial charge is 0.361 e. The molecule has 0 unspecified atom stereocenters. The lowest BCUT2D eigenvalue weighted by Crippen LogP contribution is -2.45. The Hall–Kier alpha value is -1.32. The standard InChI is InChI=1S/C18H27N3/c1-14(2)21-11-8-16(9-12-21)19-10-7-15-13-20-18-6-4-3-5-17(15)18/h3-6,13-14,16,19-20H,7-12H2,1-2H3. The van der Waals surface area contributed by atoms with Crippen LogP contribution in [0.15, 0.2) is 30.5 Å². The number of likely N-dealkylation sites (tertiary alicyclic amines) is 1. The van der Waals surface area contributed by atoms with Gasteiger partial charge in [-0.05, 0) is 64.4 Å². The van der Waals surface area contributed by atoms with Crippen molar-refractivity contribution < 1.29 is 0 Å². The number of hydrogen-bond donors (Lipinski definition) is 2. The van der Waals surface area contributed by atoms with Gasteiger partial charge in [0.15, 0.2) is 0 Å². The van der Waals surface area contributed by atoms with E-state index in [2.05, 4.69) is 59.5 Å². The lowest BCUT2D eigenvalue weighted by molar-refractivity contribution is 0.161. The third kappa shape index (κ3) is 3.47. The molecule has 1 aromatic heterocycles. The minimum absolute atomic E-state index is 0.692. The van der Waals surface area contributed by atoms with Crippen LogP contribution in [0.25, 0.3) is 10.9 Å². The van der Waals surface area contributed by atoms with Gasteiger partial charge in [0.25, 0.3) is 0 Å². The lowest BCUT2D eigenvalue weighted by Gasteiger charge is -2.35. The quantitative estimate of drug-likeness (QED) is 0.884. The third-order valence-corrected chi connectivity index (χ3v) is 4.76. The molecule has 1 aliphatic rings. The fourth-order valence-electron chi connectivity index (χ4n) is 3.37. The first kappa shape index (κ1) is 14.6. The molecule has 3 heteroatoms. The van der Waals surface area contributed by atoms with E-state index in [1.165, 1.54) is 42.4 Å². The highest BCUT2D eigenvalue weighted by Crippen LogP contribution is 2.18. The SMILES string of the molecule is CC(C)N1CCC(NCCc2c[nH]c3ccccc23)CC1. The van der Waals surface area contributed by atoms with Gasteiger partial charge in [-0.15, -0.1) is 0 Å². The van der Waals surface area contributed by atoms with Crippen molar-refractivity contribution in [3.8, 4) is 0 Å². The van der Waals surface area contributed by atoms with E-state index in [9.17, 15) is 0 Å². The van der Waals surface area contributed by atoms with E-state index in [-0.39, 0.29) is 0 Å². The third-order valence-electron chi connectivity index (χ3n) is 4.76. The zero-order valence-electron chi connectivity index (χ0n) is 13.2. The summed E-state index contributed by atoms with van der Waals surface area (Å²) in [5, 5.41) is 5.11. The molecule has 2 heterocycles. The van der Waals surface area contributed by atoms with Gasteiger partial charge in [-0.1, -0.05) is 18.2 Å². The number of fused-ring (bicyclic) bond motifs is 1. The Morgan fingerprint density at radius 3 is 2.76 bits per heavy atom. The molecular weight excluding hydrogens is 258 g/mol. The first-order valence-corrected chi connectivity index (χ1v) is 8.26. The monoisotopic (exact) mass is 285 g/mol. The van der Waals surface area contributed by atoms with Crippen LogP contribution in [0.3, 0.4) is 0 Å². The van der Waals surface area contributed by atoms with E-state index in [0.717, 1.165) is 13.0 Å². The van der Waals surface area contributed by atoms with Gasteiger partial charge in [0.2, 0.25) is 0 Å². The van der Waals surface area contributed by atoms with E-state index in [1.54, 1.807) is 0 Å². The van der Waals surface area contributed by atoms with Gasteiger partial charge in [-0.3, -0.25) is 0 Å². The maximum atomic E-state index is 3.74. The Morgan fingerprint density at radius 2 is 2.00 bits per heavy atom. The molecule has 3 rings (SSSR count). The molecule has 0 bridgehead atoms. The predicted molar refractivity (Wildman–Crippen MR) is 89.7 cm³/mol. The number of hydrogen-bond acceptors (Lipinski definition) is 2. The highest BCUT2D eigenvalue weighted by molar-refractivity contribution is 5.83. The van der Waals surface area contributed by atoms with Gasteiger partial charge in [-0.2, -0.15) is 0 Å². The van der Waals surface area contributed by atoms with E-state index >= 15 is 0 Å². The number of rotatable bonds is 5. The maximum absolute atomic E-state index is 3.74. The fourth-order valence-corrected chi connectivity index (χ4v) is 3.37. The van der Waals surface area contributed by atoms with Crippen molar-refractivity contribution in [2.75, 3.05) is 19.6 Å². The second-order valence-electron chi connectivity index (χ2n) is 6.47. The molecule has 2 N–H and O–H groups in total. The molecule has 1 fully saturated rings. The average molecular weight is 285 g/mol. The van der Waals surface area contributed by atoms with Crippen LogP contribution in [0.4, 0.5) is 0 Å². The summed E-state index contributed by atoms with van der Waals surface area (Å²) in [5.74, 6) is 0. The lowest BCUT2D eigenvalue weighted by atomic mass is 10.0. The van der Waals surface area contributed by atoms with Gasteiger partial charge in [-0.25, -0.2) is 0 Å². The first-order valence-electron chi connectivity index (χ1n) is 8.26. The van der Waals surface area contributed by atoms with Crippen LogP contribution in [0.5, 0.6) is 0 Å². The fraction of sp³-hybridized carbons (Fsp3) is 0.556. The van der Waals surface area contributed by atoms with Gasteiger partial charge in [0.05, 0.1) is 0 Å². The summed E-state index contributed by atoms with van der Waals surface area (Å²) in [6.07, 6.45) is 5.83. The molecule has 1 aliphatic heterocycles. The highest BCUT2D eigenvalue weighted by Gasteiger charge is 2.20. The Bertz CT molecular complexity index is 565. The molecule has 2 aromatic rings. The van der Waals surface area contributed by atoms with Crippen molar-refractivity contribution in [2.24, 2.45) is 0 Å². The second kappa shape index (κ2) is 6.63. The van der Waals surface area contributed by atoms with Gasteiger partial charge < -0.3 is 15.2 Å². The van der Waals surface area contributed by atoms with E-state index in [0.29, 0.717) is 12.1 Å². The molecule has 21 heavy (non-hydrogen) atoms. The summed E-state index contributed by atoms with van der Waals surface area (Å²) >= 11 is 0. The zero-order chi connectivity index (χ0) is 14.7. The Kier molecular flexibility index (Phi) is 4.61. The molecule has 0 radical (unpaired) electrons. The van der Waals surface area contributed by atoms with Crippen molar-refractivity contribution in [1.82, 2.24) is 15.2 Å². The van der Waals surface area contributed by atoms with Crippen LogP contribution in [-0.2, 0) is 6.42 Å². The van der Waals surface area contributed by atoms with Crippen LogP contribution in [0.2, 0.25) is 0 Å². The number of nitrogens with one attached hydrogen (secondary N) is 2. The van der Waals surface area contributed by atoms with Gasteiger partial charge >= 0.3 is 0 Å². The van der Waals surface area contributed by atoms with E-state index < -0.39 is 0 Å². The smallest absolute Gasteiger partial charge is 0.0456 e. The van der Waals surface area contributed by atoms with Gasteiger partial charge in [0.1, 0.15) is 0 Å². The molecule has 0 aliphatic carbocycles. The molecule has 114 valence electrons. The maximum Gasteiger partial charge on any atom is 0.0456 e. The number of aromatic nitrogens is 1. The molecule has 3 nitrogen and oxygen atoms in total. The number of para-hydroxylation sites is 1. The van der Waals surface area contributed by atoms with Crippen molar-refractivity contribution in [2.45, 2.75) is 45.2 Å². The molecule has 1 saturated heterocycles. The molecule has 0 amide bonds. The summed E-state index contributed by atoms with van der Waals surface area (Å²) in [5.41, 5.74) is 2.68. The Labute approximate surface area is 127 Å². The Morgan fingerprint density at radius 1 is 1.24 bits per heavy atom. The van der Waals surface area contributed by atoms with Crippen LogP contribution < -0.4 is 5.32 Å². The number of H-pyrrole nitrogens is 1. The van der Waals surface area contributed by atoms with E-state index in [1.807, 2.05) is 0 Å². The zero-order valence-corrected chi connectivity index (χ0v) is 13.2. The minimum Gasteiger partial charge on any atom is -0.361 e. The average Bonchev–Trinajstić information content (AvgIpc) is 2.91. The summed E-state index contributed by atoms with van der Waals surface area (Å²) in [4.78, 5) is 5.94. The number of nitrogens with zero attached hydrogens (tertiary/aromatic N) is 1. The first-order chi connectivity index (χ1) is 10.2. The van der Waals surface area contributed by atoms with E-state index in [4.69, 9.17) is 0 Å². The van der Waals surface area contributed by atoms with Crippen LogP contribution in [-0.4, -0.2) is 41.6 Å². The van der Waals surface area contributed by atoms with Crippen LogP contribution in [0.1, 0.15) is 32.3 Å². The van der Waals surface area contributed by atoms with Crippen molar-refractivity contribution in [3.63, 3.8) is 0 Å². The predicted octanol–water partition coefficient (Wildman–Crippen LogP) is 3.17. The minimum atomic E-state index is 0.692. The molecule has 0 atom stereocenters. The van der Waals surface area contributed by atoms with Crippen molar-refractivity contribution >= 4 is 10.9 Å². The second-order valence-corrected chi connectivity index (χ2v) is 6.47. The summed E-state index contributed by atoms with van der Waals surface area (Å²) in [7, 11) is 0. The summed E-state index contributed by atoms with van der Waals surface area (Å²) in [6, 6.07) is 9.95. The topological polar surface area (TPSA) is 31.1 Å². The summed E-state index contributed by atoms with van der Waals surface area (Å²) < 4.78 is 0. The molecule has 1 aromatic carbocycles. The molecular formula is C18H27N3. The number of benzene rings is 1. The Balaban J connectivity index is 1.47. The summed E-state index contributed by atoms with van der Waals surface area (Å²) in [6.45, 7) is 8.15. The number of piperidine rings is 1. The van der Waals surface area contributed by atoms with Crippen molar-refractivity contribution in [1.29, 1.82) is 0 Å². The van der Waals surface area contributed by atoms with Crippen LogP contribution in [0, 0.1) is 0 Å². The molecule has 0 spiro atoms. The van der Waals surface area contributed by atoms with Crippen LogP contribution >= 0.6 is 0 Å². The normalized spacial score (nSPS) is 17.9.